The largest absolute Gasteiger partial charge is 0.347 e. The second kappa shape index (κ2) is 6.37. The fourth-order valence-corrected chi connectivity index (χ4v) is 3.64. The van der Waals surface area contributed by atoms with Crippen molar-refractivity contribution in [3.8, 4) is 0 Å². The molecule has 1 N–H and O–H groups in total. The molecule has 25 heavy (non-hydrogen) atoms. The number of aromatic nitrogens is 1. The molecule has 0 fully saturated rings. The van der Waals surface area contributed by atoms with Gasteiger partial charge in [-0.2, -0.15) is 0 Å². The third kappa shape index (κ3) is 3.05. The number of likely N-dealkylation sites (N-methyl/N-ethyl adjacent to an activating group) is 1. The minimum absolute atomic E-state index is 0.0313. The SMILES string of the molecule is CN1CCc2cc(CNC(=O)c3cc4ccccc4n3C)ccc2C1. The average molecular weight is 333 g/mol. The molecule has 0 radical (unpaired) electrons. The number of para-hydroxylation sites is 1. The van der Waals surface area contributed by atoms with Crippen LogP contribution in [-0.4, -0.2) is 29.0 Å². The summed E-state index contributed by atoms with van der Waals surface area (Å²) in [6.07, 6.45) is 1.08. The Hall–Kier alpha value is -2.59. The van der Waals surface area contributed by atoms with E-state index in [0.717, 1.165) is 36.0 Å². The summed E-state index contributed by atoms with van der Waals surface area (Å²) in [6.45, 7) is 2.67. The van der Waals surface area contributed by atoms with Crippen molar-refractivity contribution < 1.29 is 4.79 Å². The van der Waals surface area contributed by atoms with Gasteiger partial charge in [-0.05, 0) is 42.3 Å². The van der Waals surface area contributed by atoms with Crippen LogP contribution in [-0.2, 0) is 26.6 Å². The van der Waals surface area contributed by atoms with Crippen molar-refractivity contribution in [1.82, 2.24) is 14.8 Å². The number of hydrogen-bond donors (Lipinski definition) is 1. The van der Waals surface area contributed by atoms with Gasteiger partial charge >= 0.3 is 0 Å². The fourth-order valence-electron chi connectivity index (χ4n) is 3.64. The number of hydrogen-bond acceptors (Lipinski definition) is 2. The molecule has 2 aromatic carbocycles. The summed E-state index contributed by atoms with van der Waals surface area (Å²) in [5, 5.41) is 4.15. The molecule has 0 bridgehead atoms. The van der Waals surface area contributed by atoms with Crippen LogP contribution in [0.4, 0.5) is 0 Å². The molecule has 4 nitrogen and oxygen atoms in total. The molecule has 1 aliphatic rings. The normalized spacial score (nSPS) is 14.5. The predicted molar refractivity (Wildman–Crippen MR) is 101 cm³/mol. The Balaban J connectivity index is 1.49. The lowest BCUT2D eigenvalue weighted by Crippen LogP contribution is -2.27. The van der Waals surface area contributed by atoms with Crippen LogP contribution in [0.3, 0.4) is 0 Å². The van der Waals surface area contributed by atoms with Crippen molar-refractivity contribution in [2.24, 2.45) is 7.05 Å². The molecule has 0 saturated carbocycles. The highest BCUT2D eigenvalue weighted by Crippen LogP contribution is 2.20. The van der Waals surface area contributed by atoms with Gasteiger partial charge in [0.2, 0.25) is 0 Å². The second-order valence-electron chi connectivity index (χ2n) is 6.92. The number of nitrogens with one attached hydrogen (secondary N) is 1. The number of rotatable bonds is 3. The van der Waals surface area contributed by atoms with Gasteiger partial charge in [-0.1, -0.05) is 36.4 Å². The summed E-state index contributed by atoms with van der Waals surface area (Å²) in [5.41, 5.74) is 5.74. The van der Waals surface area contributed by atoms with Gasteiger partial charge in [0.05, 0.1) is 0 Å². The van der Waals surface area contributed by atoms with Gasteiger partial charge in [0.1, 0.15) is 5.69 Å². The maximum Gasteiger partial charge on any atom is 0.268 e. The molecule has 0 aliphatic carbocycles. The molecule has 0 atom stereocenters. The van der Waals surface area contributed by atoms with Crippen molar-refractivity contribution in [3.05, 3.63) is 70.9 Å². The van der Waals surface area contributed by atoms with Crippen molar-refractivity contribution in [3.63, 3.8) is 0 Å². The van der Waals surface area contributed by atoms with Crippen molar-refractivity contribution in [2.45, 2.75) is 19.5 Å². The van der Waals surface area contributed by atoms with Gasteiger partial charge in [-0.3, -0.25) is 4.79 Å². The lowest BCUT2D eigenvalue weighted by molar-refractivity contribution is 0.0943. The zero-order valence-electron chi connectivity index (χ0n) is 14.7. The Kier molecular flexibility index (Phi) is 4.06. The van der Waals surface area contributed by atoms with Crippen LogP contribution in [0.15, 0.2) is 48.5 Å². The van der Waals surface area contributed by atoms with Crippen LogP contribution < -0.4 is 5.32 Å². The predicted octanol–water partition coefficient (Wildman–Crippen LogP) is 3.10. The van der Waals surface area contributed by atoms with E-state index in [1.54, 1.807) is 0 Å². The Morgan fingerprint density at radius 1 is 1.08 bits per heavy atom. The van der Waals surface area contributed by atoms with E-state index in [9.17, 15) is 4.79 Å². The number of carbonyl (C=O) groups is 1. The topological polar surface area (TPSA) is 37.3 Å². The Morgan fingerprint density at radius 3 is 2.76 bits per heavy atom. The zero-order chi connectivity index (χ0) is 17.4. The van der Waals surface area contributed by atoms with Crippen LogP contribution in [0, 0.1) is 0 Å². The van der Waals surface area contributed by atoms with Crippen molar-refractivity contribution >= 4 is 16.8 Å². The van der Waals surface area contributed by atoms with Gasteiger partial charge in [0.15, 0.2) is 0 Å². The standard InChI is InChI=1S/C21H23N3O/c1-23-10-9-16-11-15(7-8-18(16)14-23)13-22-21(25)20-12-17-5-3-4-6-19(17)24(20)2/h3-8,11-12H,9-10,13-14H2,1-2H3,(H,22,25). The van der Waals surface area contributed by atoms with Gasteiger partial charge in [-0.15, -0.1) is 0 Å². The second-order valence-corrected chi connectivity index (χ2v) is 6.92. The van der Waals surface area contributed by atoms with E-state index < -0.39 is 0 Å². The molecule has 0 unspecified atom stereocenters. The van der Waals surface area contributed by atoms with E-state index in [1.165, 1.54) is 11.1 Å². The molecule has 0 spiro atoms. The lowest BCUT2D eigenvalue weighted by Gasteiger charge is -2.25. The highest BCUT2D eigenvalue weighted by atomic mass is 16.1. The van der Waals surface area contributed by atoms with E-state index in [2.05, 4.69) is 35.5 Å². The van der Waals surface area contributed by atoms with Gasteiger partial charge < -0.3 is 14.8 Å². The first-order valence-electron chi connectivity index (χ1n) is 8.74. The summed E-state index contributed by atoms with van der Waals surface area (Å²) in [5.74, 6) is -0.0313. The van der Waals surface area contributed by atoms with Gasteiger partial charge in [-0.25, -0.2) is 0 Å². The summed E-state index contributed by atoms with van der Waals surface area (Å²) < 4.78 is 1.95. The minimum atomic E-state index is -0.0313. The number of nitrogens with zero attached hydrogens (tertiary/aromatic N) is 2. The van der Waals surface area contributed by atoms with E-state index in [-0.39, 0.29) is 5.91 Å². The maximum atomic E-state index is 12.6. The van der Waals surface area contributed by atoms with Crippen LogP contribution >= 0.6 is 0 Å². The Labute approximate surface area is 148 Å². The van der Waals surface area contributed by atoms with E-state index in [1.807, 2.05) is 41.9 Å². The first-order valence-corrected chi connectivity index (χ1v) is 8.74. The van der Waals surface area contributed by atoms with Gasteiger partial charge in [0, 0.05) is 37.6 Å². The number of carbonyl (C=O) groups excluding carboxylic acids is 1. The number of aryl methyl sites for hydroxylation is 1. The molecule has 3 aromatic rings. The lowest BCUT2D eigenvalue weighted by atomic mass is 9.97. The Bertz CT molecular complexity index is 941. The van der Waals surface area contributed by atoms with E-state index >= 15 is 0 Å². The minimum Gasteiger partial charge on any atom is -0.347 e. The molecule has 1 aromatic heterocycles. The smallest absolute Gasteiger partial charge is 0.268 e. The molecular weight excluding hydrogens is 310 g/mol. The molecule has 4 heteroatoms. The summed E-state index contributed by atoms with van der Waals surface area (Å²) in [7, 11) is 4.09. The first-order chi connectivity index (χ1) is 12.1. The van der Waals surface area contributed by atoms with E-state index in [4.69, 9.17) is 0 Å². The van der Waals surface area contributed by atoms with Crippen LogP contribution in [0.1, 0.15) is 27.2 Å². The molecule has 0 saturated heterocycles. The zero-order valence-corrected chi connectivity index (χ0v) is 14.7. The summed E-state index contributed by atoms with van der Waals surface area (Å²) in [4.78, 5) is 14.9. The van der Waals surface area contributed by atoms with Gasteiger partial charge in [0.25, 0.3) is 5.91 Å². The number of amides is 1. The highest BCUT2D eigenvalue weighted by molar-refractivity contribution is 5.98. The van der Waals surface area contributed by atoms with Crippen LogP contribution in [0.25, 0.3) is 10.9 Å². The maximum absolute atomic E-state index is 12.6. The number of fused-ring (bicyclic) bond motifs is 2. The fraction of sp³-hybridized carbons (Fsp3) is 0.286. The molecule has 1 amide bonds. The quantitative estimate of drug-likeness (QED) is 0.800. The molecule has 2 heterocycles. The third-order valence-corrected chi connectivity index (χ3v) is 5.11. The van der Waals surface area contributed by atoms with E-state index in [0.29, 0.717) is 12.2 Å². The monoisotopic (exact) mass is 333 g/mol. The highest BCUT2D eigenvalue weighted by Gasteiger charge is 2.15. The van der Waals surface area contributed by atoms with Crippen molar-refractivity contribution in [1.29, 1.82) is 0 Å². The van der Waals surface area contributed by atoms with Crippen molar-refractivity contribution in [2.75, 3.05) is 13.6 Å². The molecule has 1 aliphatic heterocycles. The molecular formula is C21H23N3O. The Morgan fingerprint density at radius 2 is 1.92 bits per heavy atom. The summed E-state index contributed by atoms with van der Waals surface area (Å²) >= 11 is 0. The average Bonchev–Trinajstić information content (AvgIpc) is 2.97. The molecule has 4 rings (SSSR count). The number of benzene rings is 2. The van der Waals surface area contributed by atoms with Crippen LogP contribution in [0.2, 0.25) is 0 Å². The van der Waals surface area contributed by atoms with Crippen LogP contribution in [0.5, 0.6) is 0 Å². The third-order valence-electron chi connectivity index (χ3n) is 5.11. The summed E-state index contributed by atoms with van der Waals surface area (Å²) in [6, 6.07) is 16.6. The first kappa shape index (κ1) is 15.9. The molecule has 128 valence electrons.